The van der Waals surface area contributed by atoms with Crippen LogP contribution in [0.15, 0.2) is 73.1 Å². The number of rotatable bonds is 7. The summed E-state index contributed by atoms with van der Waals surface area (Å²) in [6.07, 6.45) is 4.18. The summed E-state index contributed by atoms with van der Waals surface area (Å²) >= 11 is 0. The van der Waals surface area contributed by atoms with Gasteiger partial charge in [0, 0.05) is 31.0 Å². The number of hydrogen-bond donors (Lipinski definition) is 2. The normalized spacial score (nSPS) is 10.6. The molecule has 0 aliphatic heterocycles. The Hall–Kier alpha value is -4.26. The highest BCUT2D eigenvalue weighted by Gasteiger charge is 2.13. The van der Waals surface area contributed by atoms with E-state index in [1.807, 2.05) is 75.4 Å². The molecule has 2 N–H and O–H groups in total. The number of amides is 2. The van der Waals surface area contributed by atoms with Crippen molar-refractivity contribution in [2.75, 3.05) is 5.32 Å². The fourth-order valence-electron chi connectivity index (χ4n) is 3.49. The molecular formula is C27H27N5O2. The molecule has 7 heteroatoms. The first-order valence-corrected chi connectivity index (χ1v) is 11.2. The van der Waals surface area contributed by atoms with Gasteiger partial charge in [-0.1, -0.05) is 31.2 Å². The standard InChI is InChI=1S/C27H27N5O2/c1-4-25-28-15-13-23(32-25)22-10-7-14-29-26(22)34-24-12-11-21(16-19(24)3)31-27(33)30-17-20-9-6-5-8-18(20)2/h5-16H,4,17H2,1-3H3,(H2,30,31,33). The second-order valence-corrected chi connectivity index (χ2v) is 7.88. The number of carbonyl (C=O) groups excluding carboxylic acids is 1. The average molecular weight is 454 g/mol. The SMILES string of the molecule is CCc1nccc(-c2cccnc2Oc2ccc(NC(=O)NCc3ccccc3C)cc2C)n1. The predicted octanol–water partition coefficient (Wildman–Crippen LogP) is 5.83. The van der Waals surface area contributed by atoms with Crippen LogP contribution in [-0.4, -0.2) is 21.0 Å². The molecule has 172 valence electrons. The van der Waals surface area contributed by atoms with Crippen molar-refractivity contribution in [2.24, 2.45) is 0 Å². The van der Waals surface area contributed by atoms with E-state index in [1.165, 1.54) is 0 Å². The molecule has 0 aliphatic rings. The van der Waals surface area contributed by atoms with Crippen molar-refractivity contribution in [3.05, 3.63) is 95.6 Å². The largest absolute Gasteiger partial charge is 0.438 e. The third-order valence-corrected chi connectivity index (χ3v) is 5.41. The Bertz CT molecular complexity index is 1310. The van der Waals surface area contributed by atoms with Gasteiger partial charge in [0.25, 0.3) is 0 Å². The van der Waals surface area contributed by atoms with Crippen molar-refractivity contribution >= 4 is 11.7 Å². The van der Waals surface area contributed by atoms with Gasteiger partial charge in [-0.3, -0.25) is 0 Å². The molecule has 0 unspecified atom stereocenters. The molecule has 2 heterocycles. The summed E-state index contributed by atoms with van der Waals surface area (Å²) in [6.45, 7) is 6.43. The molecule has 34 heavy (non-hydrogen) atoms. The number of benzene rings is 2. The van der Waals surface area contributed by atoms with Crippen LogP contribution in [0.4, 0.5) is 10.5 Å². The number of nitrogens with one attached hydrogen (secondary N) is 2. The van der Waals surface area contributed by atoms with E-state index in [4.69, 9.17) is 4.74 Å². The second kappa shape index (κ2) is 10.6. The summed E-state index contributed by atoms with van der Waals surface area (Å²) in [5, 5.41) is 5.77. The highest BCUT2D eigenvalue weighted by Crippen LogP contribution is 2.32. The van der Waals surface area contributed by atoms with Gasteiger partial charge in [-0.05, 0) is 66.9 Å². The van der Waals surface area contributed by atoms with Gasteiger partial charge in [0.1, 0.15) is 11.6 Å². The Morgan fingerprint density at radius 2 is 1.79 bits per heavy atom. The molecule has 0 fully saturated rings. The Labute approximate surface area is 199 Å². The van der Waals surface area contributed by atoms with Crippen molar-refractivity contribution in [2.45, 2.75) is 33.7 Å². The van der Waals surface area contributed by atoms with Crippen LogP contribution in [0.5, 0.6) is 11.6 Å². The summed E-state index contributed by atoms with van der Waals surface area (Å²) in [6, 6.07) is 18.8. The number of anilines is 1. The monoisotopic (exact) mass is 453 g/mol. The maximum atomic E-state index is 12.4. The van der Waals surface area contributed by atoms with Gasteiger partial charge >= 0.3 is 6.03 Å². The summed E-state index contributed by atoms with van der Waals surface area (Å²) in [4.78, 5) is 25.6. The molecule has 0 spiro atoms. The van der Waals surface area contributed by atoms with Gasteiger partial charge in [0.15, 0.2) is 0 Å². The van der Waals surface area contributed by atoms with Crippen LogP contribution in [0.3, 0.4) is 0 Å². The molecule has 0 saturated heterocycles. The van der Waals surface area contributed by atoms with Crippen LogP contribution in [0.25, 0.3) is 11.3 Å². The number of aryl methyl sites for hydroxylation is 3. The van der Waals surface area contributed by atoms with Crippen molar-refractivity contribution in [3.63, 3.8) is 0 Å². The molecule has 4 rings (SSSR count). The van der Waals surface area contributed by atoms with Gasteiger partial charge in [-0.25, -0.2) is 19.7 Å². The topological polar surface area (TPSA) is 89.0 Å². The first-order chi connectivity index (χ1) is 16.5. The smallest absolute Gasteiger partial charge is 0.319 e. The third kappa shape index (κ3) is 5.56. The van der Waals surface area contributed by atoms with E-state index >= 15 is 0 Å². The van der Waals surface area contributed by atoms with Gasteiger partial charge in [-0.15, -0.1) is 0 Å². The minimum absolute atomic E-state index is 0.265. The molecule has 2 aromatic carbocycles. The highest BCUT2D eigenvalue weighted by atomic mass is 16.5. The summed E-state index contributed by atoms with van der Waals surface area (Å²) in [5.41, 5.74) is 5.32. The quantitative estimate of drug-likeness (QED) is 0.367. The number of ether oxygens (including phenoxy) is 1. The lowest BCUT2D eigenvalue weighted by Crippen LogP contribution is -2.28. The molecular weight excluding hydrogens is 426 g/mol. The Kier molecular flexibility index (Phi) is 7.13. The number of aromatic nitrogens is 3. The lowest BCUT2D eigenvalue weighted by molar-refractivity contribution is 0.251. The van der Waals surface area contributed by atoms with E-state index in [9.17, 15) is 4.79 Å². The highest BCUT2D eigenvalue weighted by molar-refractivity contribution is 5.89. The van der Waals surface area contributed by atoms with E-state index in [0.29, 0.717) is 23.9 Å². The Morgan fingerprint density at radius 1 is 0.941 bits per heavy atom. The van der Waals surface area contributed by atoms with Crippen LogP contribution in [-0.2, 0) is 13.0 Å². The van der Waals surface area contributed by atoms with Crippen LogP contribution >= 0.6 is 0 Å². The zero-order valence-electron chi connectivity index (χ0n) is 19.5. The predicted molar refractivity (Wildman–Crippen MR) is 133 cm³/mol. The van der Waals surface area contributed by atoms with Crippen LogP contribution in [0.1, 0.15) is 29.4 Å². The number of hydrogen-bond acceptors (Lipinski definition) is 5. The van der Waals surface area contributed by atoms with Crippen LogP contribution < -0.4 is 15.4 Å². The second-order valence-electron chi connectivity index (χ2n) is 7.88. The molecule has 0 bridgehead atoms. The van der Waals surface area contributed by atoms with E-state index in [0.717, 1.165) is 40.2 Å². The summed E-state index contributed by atoms with van der Waals surface area (Å²) < 4.78 is 6.15. The van der Waals surface area contributed by atoms with E-state index in [1.54, 1.807) is 18.5 Å². The molecule has 2 aromatic heterocycles. The first kappa shape index (κ1) is 22.9. The van der Waals surface area contributed by atoms with Crippen molar-refractivity contribution in [1.29, 1.82) is 0 Å². The van der Waals surface area contributed by atoms with Gasteiger partial charge in [0.05, 0.1) is 11.3 Å². The minimum atomic E-state index is -0.265. The van der Waals surface area contributed by atoms with E-state index < -0.39 is 0 Å². The number of urea groups is 1. The number of nitrogens with zero attached hydrogens (tertiary/aromatic N) is 3. The number of pyridine rings is 1. The van der Waals surface area contributed by atoms with Crippen molar-refractivity contribution in [1.82, 2.24) is 20.3 Å². The van der Waals surface area contributed by atoms with Gasteiger partial charge in [0.2, 0.25) is 5.88 Å². The third-order valence-electron chi connectivity index (χ3n) is 5.41. The van der Waals surface area contributed by atoms with E-state index in [2.05, 4.69) is 25.6 Å². The maximum Gasteiger partial charge on any atom is 0.319 e. The molecule has 4 aromatic rings. The zero-order chi connectivity index (χ0) is 23.9. The average Bonchev–Trinajstić information content (AvgIpc) is 2.85. The summed E-state index contributed by atoms with van der Waals surface area (Å²) in [5.74, 6) is 1.87. The fraction of sp³-hybridized carbons (Fsp3) is 0.185. The zero-order valence-corrected chi connectivity index (χ0v) is 19.5. The Balaban J connectivity index is 1.45. The first-order valence-electron chi connectivity index (χ1n) is 11.2. The maximum absolute atomic E-state index is 12.4. The fourth-order valence-corrected chi connectivity index (χ4v) is 3.49. The van der Waals surface area contributed by atoms with E-state index in [-0.39, 0.29) is 6.03 Å². The number of carbonyl (C=O) groups is 1. The van der Waals surface area contributed by atoms with Crippen molar-refractivity contribution in [3.8, 4) is 22.9 Å². The lowest BCUT2D eigenvalue weighted by atomic mass is 10.1. The molecule has 0 atom stereocenters. The molecule has 2 amide bonds. The molecule has 0 aliphatic carbocycles. The molecule has 7 nitrogen and oxygen atoms in total. The summed E-state index contributed by atoms with van der Waals surface area (Å²) in [7, 11) is 0. The van der Waals surface area contributed by atoms with Gasteiger partial charge < -0.3 is 15.4 Å². The molecule has 0 saturated carbocycles. The van der Waals surface area contributed by atoms with Crippen molar-refractivity contribution < 1.29 is 9.53 Å². The minimum Gasteiger partial charge on any atom is -0.438 e. The van der Waals surface area contributed by atoms with Crippen LogP contribution in [0, 0.1) is 13.8 Å². The Morgan fingerprint density at radius 3 is 2.59 bits per heavy atom. The van der Waals surface area contributed by atoms with Crippen LogP contribution in [0.2, 0.25) is 0 Å². The lowest BCUT2D eigenvalue weighted by Gasteiger charge is -2.14. The molecule has 0 radical (unpaired) electrons. The van der Waals surface area contributed by atoms with Gasteiger partial charge in [-0.2, -0.15) is 0 Å².